The van der Waals surface area contributed by atoms with Crippen LogP contribution in [0, 0.1) is 6.92 Å². The van der Waals surface area contributed by atoms with Crippen LogP contribution in [0.5, 0.6) is 5.75 Å². The topological polar surface area (TPSA) is 35.2 Å². The molecule has 2 aromatic carbocycles. The maximum Gasteiger partial charge on any atom is 0.119 e. The van der Waals surface area contributed by atoms with Gasteiger partial charge < -0.3 is 10.5 Å². The molecule has 0 aliphatic heterocycles. The third-order valence-corrected chi connectivity index (χ3v) is 3.63. The van der Waals surface area contributed by atoms with E-state index in [0.717, 1.165) is 17.2 Å². The number of rotatable bonds is 6. The minimum Gasteiger partial charge on any atom is -0.494 e. The SMILES string of the molecule is Cc1ccc(OCCC(CN)c2ccc(Cl)cc2)cc1. The summed E-state index contributed by atoms with van der Waals surface area (Å²) in [5, 5.41) is 0.750. The first-order chi connectivity index (χ1) is 9.69. The van der Waals surface area contributed by atoms with Crippen molar-refractivity contribution in [1.29, 1.82) is 0 Å². The summed E-state index contributed by atoms with van der Waals surface area (Å²) in [6.45, 7) is 3.33. The van der Waals surface area contributed by atoms with E-state index in [1.165, 1.54) is 11.1 Å². The van der Waals surface area contributed by atoms with Crippen molar-refractivity contribution in [1.82, 2.24) is 0 Å². The molecule has 0 heterocycles. The van der Waals surface area contributed by atoms with Crippen LogP contribution >= 0.6 is 11.6 Å². The van der Waals surface area contributed by atoms with E-state index in [2.05, 4.69) is 19.1 Å². The van der Waals surface area contributed by atoms with Crippen molar-refractivity contribution in [2.24, 2.45) is 5.73 Å². The average Bonchev–Trinajstić information content (AvgIpc) is 2.47. The molecule has 0 aromatic heterocycles. The molecule has 0 saturated heterocycles. The van der Waals surface area contributed by atoms with Gasteiger partial charge in [0.05, 0.1) is 6.61 Å². The summed E-state index contributed by atoms with van der Waals surface area (Å²) >= 11 is 5.90. The van der Waals surface area contributed by atoms with Crippen molar-refractivity contribution in [3.63, 3.8) is 0 Å². The zero-order chi connectivity index (χ0) is 14.4. The van der Waals surface area contributed by atoms with E-state index >= 15 is 0 Å². The number of nitrogens with two attached hydrogens (primary N) is 1. The van der Waals surface area contributed by atoms with Gasteiger partial charge in [0.1, 0.15) is 5.75 Å². The fourth-order valence-corrected chi connectivity index (χ4v) is 2.24. The van der Waals surface area contributed by atoms with E-state index in [4.69, 9.17) is 22.1 Å². The van der Waals surface area contributed by atoms with Gasteiger partial charge in [-0.3, -0.25) is 0 Å². The van der Waals surface area contributed by atoms with Crippen molar-refractivity contribution in [3.8, 4) is 5.75 Å². The van der Waals surface area contributed by atoms with E-state index < -0.39 is 0 Å². The molecule has 0 saturated carbocycles. The van der Waals surface area contributed by atoms with Gasteiger partial charge in [-0.1, -0.05) is 41.4 Å². The van der Waals surface area contributed by atoms with Gasteiger partial charge in [0.15, 0.2) is 0 Å². The molecule has 0 radical (unpaired) electrons. The van der Waals surface area contributed by atoms with Gasteiger partial charge in [0.2, 0.25) is 0 Å². The van der Waals surface area contributed by atoms with Crippen molar-refractivity contribution in [2.45, 2.75) is 19.3 Å². The monoisotopic (exact) mass is 289 g/mol. The molecule has 1 atom stereocenters. The van der Waals surface area contributed by atoms with Gasteiger partial charge in [-0.05, 0) is 55.6 Å². The smallest absolute Gasteiger partial charge is 0.119 e. The normalized spacial score (nSPS) is 12.2. The van der Waals surface area contributed by atoms with Gasteiger partial charge in [0, 0.05) is 5.02 Å². The maximum absolute atomic E-state index is 5.90. The van der Waals surface area contributed by atoms with Crippen LogP contribution in [0.1, 0.15) is 23.5 Å². The first kappa shape index (κ1) is 14.9. The van der Waals surface area contributed by atoms with E-state index in [1.54, 1.807) is 0 Å². The Morgan fingerprint density at radius 3 is 2.30 bits per heavy atom. The lowest BCUT2D eigenvalue weighted by molar-refractivity contribution is 0.298. The molecular weight excluding hydrogens is 270 g/mol. The second-order valence-corrected chi connectivity index (χ2v) is 5.37. The first-order valence-corrected chi connectivity index (χ1v) is 7.22. The highest BCUT2D eigenvalue weighted by Gasteiger charge is 2.09. The second kappa shape index (κ2) is 7.32. The number of ether oxygens (including phenoxy) is 1. The summed E-state index contributed by atoms with van der Waals surface area (Å²) < 4.78 is 5.76. The van der Waals surface area contributed by atoms with Crippen LogP contribution in [0.25, 0.3) is 0 Å². The van der Waals surface area contributed by atoms with Gasteiger partial charge in [-0.25, -0.2) is 0 Å². The van der Waals surface area contributed by atoms with Gasteiger partial charge in [0.25, 0.3) is 0 Å². The number of hydrogen-bond donors (Lipinski definition) is 1. The molecule has 0 aliphatic carbocycles. The molecule has 2 aromatic rings. The number of hydrogen-bond acceptors (Lipinski definition) is 2. The Hall–Kier alpha value is -1.51. The highest BCUT2D eigenvalue weighted by atomic mass is 35.5. The summed E-state index contributed by atoms with van der Waals surface area (Å²) in [7, 11) is 0. The Morgan fingerprint density at radius 1 is 1.05 bits per heavy atom. The molecule has 1 unspecified atom stereocenters. The van der Waals surface area contributed by atoms with Crippen molar-refractivity contribution < 1.29 is 4.74 Å². The second-order valence-electron chi connectivity index (χ2n) is 4.93. The predicted octanol–water partition coefficient (Wildman–Crippen LogP) is 4.16. The van der Waals surface area contributed by atoms with Crippen LogP contribution in [0.15, 0.2) is 48.5 Å². The van der Waals surface area contributed by atoms with Crippen LogP contribution in [0.4, 0.5) is 0 Å². The molecule has 106 valence electrons. The molecule has 2 nitrogen and oxygen atoms in total. The molecule has 0 amide bonds. The average molecular weight is 290 g/mol. The number of benzene rings is 2. The largest absolute Gasteiger partial charge is 0.494 e. The highest BCUT2D eigenvalue weighted by Crippen LogP contribution is 2.21. The zero-order valence-corrected chi connectivity index (χ0v) is 12.4. The summed E-state index contributed by atoms with van der Waals surface area (Å²) in [5.41, 5.74) is 8.30. The van der Waals surface area contributed by atoms with Gasteiger partial charge in [-0.15, -0.1) is 0 Å². The molecular formula is C17H20ClNO. The lowest BCUT2D eigenvalue weighted by atomic mass is 9.96. The van der Waals surface area contributed by atoms with E-state index in [1.807, 2.05) is 36.4 Å². The Labute approximate surface area is 125 Å². The lowest BCUT2D eigenvalue weighted by Crippen LogP contribution is -2.15. The third kappa shape index (κ3) is 4.26. The molecule has 0 fully saturated rings. The van der Waals surface area contributed by atoms with Crippen molar-refractivity contribution >= 4 is 11.6 Å². The fraction of sp³-hybridized carbons (Fsp3) is 0.294. The van der Waals surface area contributed by atoms with Crippen LogP contribution in [0.3, 0.4) is 0 Å². The Kier molecular flexibility index (Phi) is 5.45. The summed E-state index contributed by atoms with van der Waals surface area (Å²) in [6.07, 6.45) is 0.895. The minimum absolute atomic E-state index is 0.303. The summed E-state index contributed by atoms with van der Waals surface area (Å²) in [4.78, 5) is 0. The Bertz CT molecular complexity index is 522. The number of aryl methyl sites for hydroxylation is 1. The first-order valence-electron chi connectivity index (χ1n) is 6.84. The van der Waals surface area contributed by atoms with Crippen molar-refractivity contribution in [2.75, 3.05) is 13.2 Å². The molecule has 20 heavy (non-hydrogen) atoms. The van der Waals surface area contributed by atoms with E-state index in [-0.39, 0.29) is 0 Å². The minimum atomic E-state index is 0.303. The highest BCUT2D eigenvalue weighted by molar-refractivity contribution is 6.30. The fourth-order valence-electron chi connectivity index (χ4n) is 2.11. The molecule has 0 aliphatic rings. The Morgan fingerprint density at radius 2 is 1.70 bits per heavy atom. The van der Waals surface area contributed by atoms with Crippen LogP contribution < -0.4 is 10.5 Å². The maximum atomic E-state index is 5.90. The molecule has 3 heteroatoms. The molecule has 0 spiro atoms. The molecule has 2 N–H and O–H groups in total. The van der Waals surface area contributed by atoms with E-state index in [0.29, 0.717) is 19.1 Å². The predicted molar refractivity (Wildman–Crippen MR) is 84.5 cm³/mol. The van der Waals surface area contributed by atoms with Crippen LogP contribution in [-0.2, 0) is 0 Å². The van der Waals surface area contributed by atoms with Gasteiger partial charge in [-0.2, -0.15) is 0 Å². The van der Waals surface area contributed by atoms with Crippen LogP contribution in [-0.4, -0.2) is 13.2 Å². The summed E-state index contributed by atoms with van der Waals surface area (Å²) in [5.74, 6) is 1.21. The summed E-state index contributed by atoms with van der Waals surface area (Å²) in [6, 6.07) is 16.0. The van der Waals surface area contributed by atoms with Crippen LogP contribution in [0.2, 0.25) is 5.02 Å². The van der Waals surface area contributed by atoms with Crippen molar-refractivity contribution in [3.05, 3.63) is 64.7 Å². The van der Waals surface area contributed by atoms with E-state index in [9.17, 15) is 0 Å². The quantitative estimate of drug-likeness (QED) is 0.866. The third-order valence-electron chi connectivity index (χ3n) is 3.38. The zero-order valence-electron chi connectivity index (χ0n) is 11.7. The standard InChI is InChI=1S/C17H20ClNO/c1-13-2-8-17(9-3-13)20-11-10-15(12-19)14-4-6-16(18)7-5-14/h2-9,15H,10-12,19H2,1H3. The van der Waals surface area contributed by atoms with Gasteiger partial charge >= 0.3 is 0 Å². The molecule has 0 bridgehead atoms. The number of halogens is 1. The lowest BCUT2D eigenvalue weighted by Gasteiger charge is -2.16. The Balaban J connectivity index is 1.87. The molecule has 2 rings (SSSR count).